The molecule has 84 valence electrons. The summed E-state index contributed by atoms with van der Waals surface area (Å²) in [5, 5.41) is 3.32. The van der Waals surface area contributed by atoms with Gasteiger partial charge in [-0.05, 0) is 38.4 Å². The number of aromatic nitrogens is 1. The standard InChI is InChI=1S/C12H20N2O/c1-10-11(6-4-8-14-10)12(13-2)7-5-9-15-3/h4,6,8,12-13H,5,7,9H2,1-3H3. The van der Waals surface area contributed by atoms with Gasteiger partial charge in [-0.1, -0.05) is 6.07 Å². The summed E-state index contributed by atoms with van der Waals surface area (Å²) in [6.45, 7) is 2.87. The van der Waals surface area contributed by atoms with Gasteiger partial charge in [0, 0.05) is 31.6 Å². The Kier molecular flexibility index (Phi) is 5.29. The Hall–Kier alpha value is -0.930. The molecule has 1 N–H and O–H groups in total. The third-order valence-electron chi connectivity index (χ3n) is 2.61. The normalized spacial score (nSPS) is 12.7. The van der Waals surface area contributed by atoms with Crippen molar-refractivity contribution < 1.29 is 4.74 Å². The van der Waals surface area contributed by atoms with Gasteiger partial charge < -0.3 is 10.1 Å². The van der Waals surface area contributed by atoms with E-state index in [1.165, 1.54) is 5.56 Å². The summed E-state index contributed by atoms with van der Waals surface area (Å²) < 4.78 is 5.06. The van der Waals surface area contributed by atoms with Gasteiger partial charge in [-0.2, -0.15) is 0 Å². The number of aryl methyl sites for hydroxylation is 1. The van der Waals surface area contributed by atoms with Crippen LogP contribution in [0.25, 0.3) is 0 Å². The lowest BCUT2D eigenvalue weighted by Gasteiger charge is -2.17. The zero-order valence-electron chi connectivity index (χ0n) is 9.79. The van der Waals surface area contributed by atoms with Crippen LogP contribution in [-0.4, -0.2) is 25.7 Å². The molecule has 3 nitrogen and oxygen atoms in total. The van der Waals surface area contributed by atoms with E-state index in [9.17, 15) is 0 Å². The van der Waals surface area contributed by atoms with Crippen LogP contribution in [0.4, 0.5) is 0 Å². The van der Waals surface area contributed by atoms with Gasteiger partial charge in [0.25, 0.3) is 0 Å². The van der Waals surface area contributed by atoms with Crippen LogP contribution in [0.1, 0.15) is 30.1 Å². The molecule has 1 aromatic heterocycles. The maximum absolute atomic E-state index is 5.06. The number of ether oxygens (including phenoxy) is 1. The first-order chi connectivity index (χ1) is 7.29. The van der Waals surface area contributed by atoms with Crippen molar-refractivity contribution in [1.82, 2.24) is 10.3 Å². The largest absolute Gasteiger partial charge is 0.385 e. The Bertz CT molecular complexity index is 289. The van der Waals surface area contributed by atoms with Crippen LogP contribution in [0.15, 0.2) is 18.3 Å². The summed E-state index contributed by atoms with van der Waals surface area (Å²) in [5.41, 5.74) is 2.39. The first kappa shape index (κ1) is 12.1. The van der Waals surface area contributed by atoms with Crippen molar-refractivity contribution in [3.05, 3.63) is 29.6 Å². The number of pyridine rings is 1. The van der Waals surface area contributed by atoms with Crippen molar-refractivity contribution >= 4 is 0 Å². The fourth-order valence-corrected chi connectivity index (χ4v) is 1.75. The van der Waals surface area contributed by atoms with Gasteiger partial charge >= 0.3 is 0 Å². The maximum atomic E-state index is 5.06. The van der Waals surface area contributed by atoms with Crippen molar-refractivity contribution in [2.24, 2.45) is 0 Å². The molecule has 0 radical (unpaired) electrons. The molecule has 0 aliphatic rings. The summed E-state index contributed by atoms with van der Waals surface area (Å²) in [6, 6.07) is 4.51. The van der Waals surface area contributed by atoms with Crippen LogP contribution in [-0.2, 0) is 4.74 Å². The average Bonchev–Trinajstić information content (AvgIpc) is 2.26. The summed E-state index contributed by atoms with van der Waals surface area (Å²) in [4.78, 5) is 4.30. The van der Waals surface area contributed by atoms with Crippen LogP contribution in [0, 0.1) is 6.92 Å². The van der Waals surface area contributed by atoms with E-state index in [1.54, 1.807) is 7.11 Å². The van der Waals surface area contributed by atoms with Gasteiger partial charge in [0.1, 0.15) is 0 Å². The zero-order chi connectivity index (χ0) is 11.1. The molecular formula is C12H20N2O. The van der Waals surface area contributed by atoms with Crippen LogP contribution in [0.3, 0.4) is 0 Å². The first-order valence-electron chi connectivity index (χ1n) is 5.37. The lowest BCUT2D eigenvalue weighted by Crippen LogP contribution is -2.18. The molecule has 0 aromatic carbocycles. The molecular weight excluding hydrogens is 188 g/mol. The molecule has 0 saturated carbocycles. The Labute approximate surface area is 91.9 Å². The van der Waals surface area contributed by atoms with Gasteiger partial charge in [0.2, 0.25) is 0 Å². The molecule has 0 amide bonds. The number of hydrogen-bond donors (Lipinski definition) is 1. The van der Waals surface area contributed by atoms with E-state index in [0.717, 1.165) is 25.1 Å². The fraction of sp³-hybridized carbons (Fsp3) is 0.583. The molecule has 1 heterocycles. The minimum Gasteiger partial charge on any atom is -0.385 e. The number of hydrogen-bond acceptors (Lipinski definition) is 3. The number of nitrogens with one attached hydrogen (secondary N) is 1. The van der Waals surface area contributed by atoms with Crippen LogP contribution in [0.2, 0.25) is 0 Å². The lowest BCUT2D eigenvalue weighted by atomic mass is 10.0. The van der Waals surface area contributed by atoms with E-state index in [-0.39, 0.29) is 0 Å². The summed E-state index contributed by atoms with van der Waals surface area (Å²) in [5.74, 6) is 0. The van der Waals surface area contributed by atoms with Crippen LogP contribution < -0.4 is 5.32 Å². The predicted octanol–water partition coefficient (Wildman–Crippen LogP) is 2.08. The monoisotopic (exact) mass is 208 g/mol. The van der Waals surface area contributed by atoms with Crippen molar-refractivity contribution in [3.63, 3.8) is 0 Å². The second-order valence-corrected chi connectivity index (χ2v) is 3.65. The highest BCUT2D eigenvalue weighted by atomic mass is 16.5. The third-order valence-corrected chi connectivity index (χ3v) is 2.61. The predicted molar refractivity (Wildman–Crippen MR) is 61.9 cm³/mol. The van der Waals surface area contributed by atoms with Crippen molar-refractivity contribution in [2.45, 2.75) is 25.8 Å². The van der Waals surface area contributed by atoms with Gasteiger partial charge in [0.05, 0.1) is 0 Å². The van der Waals surface area contributed by atoms with Crippen LogP contribution >= 0.6 is 0 Å². The van der Waals surface area contributed by atoms with Crippen molar-refractivity contribution in [2.75, 3.05) is 20.8 Å². The van der Waals surface area contributed by atoms with Crippen molar-refractivity contribution in [1.29, 1.82) is 0 Å². The molecule has 0 aliphatic carbocycles. The Morgan fingerprint density at radius 1 is 1.53 bits per heavy atom. The number of rotatable bonds is 6. The molecule has 1 rings (SSSR count). The fourth-order valence-electron chi connectivity index (χ4n) is 1.75. The van der Waals surface area contributed by atoms with E-state index < -0.39 is 0 Å². The molecule has 0 fully saturated rings. The summed E-state index contributed by atoms with van der Waals surface area (Å²) >= 11 is 0. The molecule has 1 atom stereocenters. The molecule has 0 saturated heterocycles. The minimum absolute atomic E-state index is 0.383. The second kappa shape index (κ2) is 6.53. The molecule has 0 spiro atoms. The first-order valence-corrected chi connectivity index (χ1v) is 5.37. The van der Waals surface area contributed by atoms with Gasteiger partial charge in [-0.3, -0.25) is 4.98 Å². The number of nitrogens with zero attached hydrogens (tertiary/aromatic N) is 1. The van der Waals surface area contributed by atoms with Crippen molar-refractivity contribution in [3.8, 4) is 0 Å². The maximum Gasteiger partial charge on any atom is 0.0462 e. The Morgan fingerprint density at radius 3 is 2.93 bits per heavy atom. The van der Waals surface area contributed by atoms with Gasteiger partial charge in [-0.25, -0.2) is 0 Å². The molecule has 1 aromatic rings. The highest BCUT2D eigenvalue weighted by Crippen LogP contribution is 2.19. The van der Waals surface area contributed by atoms with E-state index >= 15 is 0 Å². The SMILES string of the molecule is CNC(CCCOC)c1cccnc1C. The molecule has 0 aliphatic heterocycles. The quantitative estimate of drug-likeness (QED) is 0.727. The lowest BCUT2D eigenvalue weighted by molar-refractivity contribution is 0.189. The number of methoxy groups -OCH3 is 1. The molecule has 15 heavy (non-hydrogen) atoms. The topological polar surface area (TPSA) is 34.1 Å². The molecule has 0 bridgehead atoms. The molecule has 1 unspecified atom stereocenters. The Morgan fingerprint density at radius 2 is 2.33 bits per heavy atom. The second-order valence-electron chi connectivity index (χ2n) is 3.65. The molecule has 3 heteroatoms. The highest BCUT2D eigenvalue weighted by Gasteiger charge is 2.11. The third kappa shape index (κ3) is 3.61. The zero-order valence-corrected chi connectivity index (χ0v) is 9.79. The summed E-state index contributed by atoms with van der Waals surface area (Å²) in [7, 11) is 3.73. The smallest absolute Gasteiger partial charge is 0.0462 e. The Balaban J connectivity index is 2.61. The highest BCUT2D eigenvalue weighted by molar-refractivity contribution is 5.22. The summed E-state index contributed by atoms with van der Waals surface area (Å²) in [6.07, 6.45) is 3.98. The average molecular weight is 208 g/mol. The van der Waals surface area contributed by atoms with E-state index in [0.29, 0.717) is 6.04 Å². The van der Waals surface area contributed by atoms with E-state index in [4.69, 9.17) is 4.74 Å². The van der Waals surface area contributed by atoms with E-state index in [1.807, 2.05) is 19.3 Å². The minimum atomic E-state index is 0.383. The van der Waals surface area contributed by atoms with Gasteiger partial charge in [-0.15, -0.1) is 0 Å². The van der Waals surface area contributed by atoms with Crippen LogP contribution in [0.5, 0.6) is 0 Å². The van der Waals surface area contributed by atoms with E-state index in [2.05, 4.69) is 23.3 Å². The van der Waals surface area contributed by atoms with Gasteiger partial charge in [0.15, 0.2) is 0 Å².